The lowest BCUT2D eigenvalue weighted by atomic mass is 9.90. The Morgan fingerprint density at radius 3 is 1.95 bits per heavy atom. The molecule has 1 aliphatic rings. The number of anilines is 1. The SMILES string of the molecule is CCOC(=O)C1=C(C)N(C)c2c(C(=O)OC)c(C(=O)OC)c(-c3ccccc3)c(=O)n2C1c1ccccc1. The summed E-state index contributed by atoms with van der Waals surface area (Å²) in [6, 6.07) is 16.5. The molecule has 1 aliphatic heterocycles. The molecule has 1 aromatic heterocycles. The van der Waals surface area contributed by atoms with Crippen LogP contribution in [-0.2, 0) is 19.0 Å². The predicted molar refractivity (Wildman–Crippen MR) is 141 cm³/mol. The molecule has 2 heterocycles. The van der Waals surface area contributed by atoms with Crippen molar-refractivity contribution in [3.8, 4) is 11.1 Å². The van der Waals surface area contributed by atoms with E-state index in [-0.39, 0.29) is 34.7 Å². The quantitative estimate of drug-likeness (QED) is 0.358. The van der Waals surface area contributed by atoms with Crippen molar-refractivity contribution in [1.82, 2.24) is 4.57 Å². The van der Waals surface area contributed by atoms with E-state index < -0.39 is 29.5 Å². The summed E-state index contributed by atoms with van der Waals surface area (Å²) in [5, 5.41) is 0. The number of nitrogens with zero attached hydrogens (tertiary/aromatic N) is 2. The van der Waals surface area contributed by atoms with Gasteiger partial charge in [0.15, 0.2) is 0 Å². The van der Waals surface area contributed by atoms with Gasteiger partial charge in [0.2, 0.25) is 0 Å². The molecule has 0 N–H and O–H groups in total. The molecule has 9 heteroatoms. The van der Waals surface area contributed by atoms with Crippen molar-refractivity contribution in [2.45, 2.75) is 19.9 Å². The molecule has 2 aromatic carbocycles. The Labute approximate surface area is 219 Å². The second-order valence-electron chi connectivity index (χ2n) is 8.56. The molecule has 0 aliphatic carbocycles. The topological polar surface area (TPSA) is 104 Å². The number of carbonyl (C=O) groups is 3. The zero-order chi connectivity index (χ0) is 27.6. The van der Waals surface area contributed by atoms with Crippen LogP contribution in [0.4, 0.5) is 5.82 Å². The zero-order valence-corrected chi connectivity index (χ0v) is 21.8. The molecule has 38 heavy (non-hydrogen) atoms. The Kier molecular flexibility index (Phi) is 7.47. The number of hydrogen-bond donors (Lipinski definition) is 0. The lowest BCUT2D eigenvalue weighted by molar-refractivity contribution is -0.139. The van der Waals surface area contributed by atoms with Gasteiger partial charge in [0.05, 0.1) is 43.6 Å². The zero-order valence-electron chi connectivity index (χ0n) is 21.8. The van der Waals surface area contributed by atoms with Crippen LogP contribution in [0.5, 0.6) is 0 Å². The highest BCUT2D eigenvalue weighted by molar-refractivity contribution is 6.11. The minimum atomic E-state index is -0.952. The van der Waals surface area contributed by atoms with E-state index in [9.17, 15) is 19.2 Å². The van der Waals surface area contributed by atoms with E-state index in [1.165, 1.54) is 23.7 Å². The minimum Gasteiger partial charge on any atom is -0.465 e. The van der Waals surface area contributed by atoms with Crippen LogP contribution in [0.15, 0.2) is 76.7 Å². The summed E-state index contributed by atoms with van der Waals surface area (Å²) in [6.45, 7) is 3.52. The van der Waals surface area contributed by atoms with Gasteiger partial charge in [-0.3, -0.25) is 9.36 Å². The average Bonchev–Trinajstić information content (AvgIpc) is 2.94. The summed E-state index contributed by atoms with van der Waals surface area (Å²) in [5.74, 6) is -2.20. The maximum Gasteiger partial charge on any atom is 0.342 e. The van der Waals surface area contributed by atoms with E-state index in [4.69, 9.17) is 14.2 Å². The van der Waals surface area contributed by atoms with Crippen molar-refractivity contribution >= 4 is 23.7 Å². The molecule has 1 atom stereocenters. The van der Waals surface area contributed by atoms with Gasteiger partial charge in [-0.2, -0.15) is 0 Å². The molecule has 0 bridgehead atoms. The summed E-state index contributed by atoms with van der Waals surface area (Å²) in [5.41, 5.74) is 0.703. The normalized spacial score (nSPS) is 14.6. The van der Waals surface area contributed by atoms with Gasteiger partial charge in [0.1, 0.15) is 11.4 Å². The van der Waals surface area contributed by atoms with Gasteiger partial charge in [0.25, 0.3) is 5.56 Å². The molecule has 0 saturated carbocycles. The van der Waals surface area contributed by atoms with Gasteiger partial charge in [-0.25, -0.2) is 14.4 Å². The minimum absolute atomic E-state index is 0.0429. The van der Waals surface area contributed by atoms with Gasteiger partial charge in [-0.05, 0) is 25.0 Å². The van der Waals surface area contributed by atoms with E-state index in [0.29, 0.717) is 16.8 Å². The molecule has 0 saturated heterocycles. The summed E-state index contributed by atoms with van der Waals surface area (Å²) >= 11 is 0. The molecule has 4 rings (SSSR count). The van der Waals surface area contributed by atoms with Crippen molar-refractivity contribution in [3.63, 3.8) is 0 Å². The van der Waals surface area contributed by atoms with E-state index in [1.807, 2.05) is 6.07 Å². The number of benzene rings is 2. The summed E-state index contributed by atoms with van der Waals surface area (Å²) in [4.78, 5) is 55.9. The third kappa shape index (κ3) is 4.26. The third-order valence-electron chi connectivity index (χ3n) is 6.58. The lowest BCUT2D eigenvalue weighted by Gasteiger charge is -2.38. The van der Waals surface area contributed by atoms with Gasteiger partial charge >= 0.3 is 17.9 Å². The van der Waals surface area contributed by atoms with Crippen molar-refractivity contribution < 1.29 is 28.6 Å². The summed E-state index contributed by atoms with van der Waals surface area (Å²) in [6.07, 6.45) is 0. The van der Waals surface area contributed by atoms with E-state index in [0.717, 1.165) is 0 Å². The first-order valence-corrected chi connectivity index (χ1v) is 12.0. The first-order chi connectivity index (χ1) is 18.3. The second kappa shape index (κ2) is 10.8. The number of hydrogen-bond acceptors (Lipinski definition) is 8. The standard InChI is InChI=1S/C29H28N2O7/c1-6-38-29(35)20-17(2)30(3)25-23(28(34)37-5)22(27(33)36-4)21(18-13-9-7-10-14-18)26(32)31(25)24(20)19-15-11-8-12-16-19/h7-16,24H,6H2,1-5H3. The number of methoxy groups -OCH3 is 2. The monoisotopic (exact) mass is 516 g/mol. The molecule has 1 unspecified atom stereocenters. The lowest BCUT2D eigenvalue weighted by Crippen LogP contribution is -2.43. The Balaban J connectivity index is 2.26. The first-order valence-electron chi connectivity index (χ1n) is 12.0. The van der Waals surface area contributed by atoms with Crippen molar-refractivity contribution in [2.75, 3.05) is 32.8 Å². The predicted octanol–water partition coefficient (Wildman–Crippen LogP) is 3.96. The number of allylic oxidation sites excluding steroid dienone is 1. The van der Waals surface area contributed by atoms with Gasteiger partial charge < -0.3 is 19.1 Å². The van der Waals surface area contributed by atoms with E-state index in [1.54, 1.807) is 75.5 Å². The van der Waals surface area contributed by atoms with Crippen LogP contribution in [0.1, 0.15) is 46.2 Å². The van der Waals surface area contributed by atoms with Crippen LogP contribution >= 0.6 is 0 Å². The molecule has 0 spiro atoms. The summed E-state index contributed by atoms with van der Waals surface area (Å²) < 4.78 is 16.9. The maximum atomic E-state index is 14.5. The molecular weight excluding hydrogens is 488 g/mol. The fraction of sp³-hybridized carbons (Fsp3) is 0.241. The number of fused-ring (bicyclic) bond motifs is 1. The Morgan fingerprint density at radius 2 is 1.39 bits per heavy atom. The summed E-state index contributed by atoms with van der Waals surface area (Å²) in [7, 11) is 3.98. The van der Waals surface area contributed by atoms with Crippen LogP contribution in [-0.4, -0.2) is 50.3 Å². The smallest absolute Gasteiger partial charge is 0.342 e. The molecule has 0 amide bonds. The molecule has 9 nitrogen and oxygen atoms in total. The second-order valence-corrected chi connectivity index (χ2v) is 8.56. The van der Waals surface area contributed by atoms with Crippen LogP contribution in [0, 0.1) is 0 Å². The Bertz CT molecular complexity index is 1490. The highest BCUT2D eigenvalue weighted by Crippen LogP contribution is 2.42. The first kappa shape index (κ1) is 26.4. The Morgan fingerprint density at radius 1 is 0.842 bits per heavy atom. The van der Waals surface area contributed by atoms with Crippen LogP contribution in [0.2, 0.25) is 0 Å². The Hall–Kier alpha value is -4.66. The van der Waals surface area contributed by atoms with Gasteiger partial charge in [-0.1, -0.05) is 60.7 Å². The van der Waals surface area contributed by atoms with Crippen molar-refractivity contribution in [1.29, 1.82) is 0 Å². The number of ether oxygens (including phenoxy) is 3. The molecular formula is C29H28N2O7. The number of aromatic nitrogens is 1. The number of carbonyl (C=O) groups excluding carboxylic acids is 3. The molecule has 3 aromatic rings. The fourth-order valence-corrected chi connectivity index (χ4v) is 4.81. The fourth-order valence-electron chi connectivity index (χ4n) is 4.81. The number of pyridine rings is 1. The van der Waals surface area contributed by atoms with Crippen LogP contribution in [0.25, 0.3) is 11.1 Å². The van der Waals surface area contributed by atoms with E-state index >= 15 is 0 Å². The highest BCUT2D eigenvalue weighted by Gasteiger charge is 2.42. The van der Waals surface area contributed by atoms with Crippen LogP contribution in [0.3, 0.4) is 0 Å². The number of rotatable bonds is 6. The van der Waals surface area contributed by atoms with Crippen LogP contribution < -0.4 is 10.5 Å². The molecule has 0 fully saturated rings. The molecule has 0 radical (unpaired) electrons. The van der Waals surface area contributed by atoms with Gasteiger partial charge in [0, 0.05) is 12.7 Å². The maximum absolute atomic E-state index is 14.5. The highest BCUT2D eigenvalue weighted by atomic mass is 16.5. The van der Waals surface area contributed by atoms with Crippen molar-refractivity contribution in [2.24, 2.45) is 0 Å². The van der Waals surface area contributed by atoms with Gasteiger partial charge in [-0.15, -0.1) is 0 Å². The number of esters is 3. The third-order valence-corrected chi connectivity index (χ3v) is 6.58. The molecule has 196 valence electrons. The largest absolute Gasteiger partial charge is 0.465 e. The van der Waals surface area contributed by atoms with E-state index in [2.05, 4.69) is 0 Å². The average molecular weight is 517 g/mol. The van der Waals surface area contributed by atoms with Crippen molar-refractivity contribution in [3.05, 3.63) is 99.0 Å².